The van der Waals surface area contributed by atoms with Crippen LogP contribution >= 0.6 is 11.8 Å². The summed E-state index contributed by atoms with van der Waals surface area (Å²) in [6, 6.07) is 0. The van der Waals surface area contributed by atoms with Gasteiger partial charge in [0.2, 0.25) is 0 Å². The van der Waals surface area contributed by atoms with Crippen molar-refractivity contribution < 1.29 is 9.53 Å². The lowest BCUT2D eigenvalue weighted by Crippen LogP contribution is -2.26. The maximum Gasteiger partial charge on any atom is 0.136 e. The van der Waals surface area contributed by atoms with E-state index in [-0.39, 0.29) is 4.75 Å². The third-order valence-electron chi connectivity index (χ3n) is 3.01. The summed E-state index contributed by atoms with van der Waals surface area (Å²) < 4.78 is 5.29. The van der Waals surface area contributed by atoms with E-state index >= 15 is 0 Å². The zero-order valence-electron chi connectivity index (χ0n) is 7.83. The first-order valence-electron chi connectivity index (χ1n) is 5.03. The number of ether oxygens (including phenoxy) is 1. The van der Waals surface area contributed by atoms with E-state index in [1.54, 1.807) is 0 Å². The van der Waals surface area contributed by atoms with Gasteiger partial charge in [-0.2, -0.15) is 0 Å². The standard InChI is InChI=1S/C10H16O2S/c11-8-10(3-1-5-13-10)6-9-2-4-12-7-9/h8-9H,1-7H2. The maximum atomic E-state index is 11.1. The summed E-state index contributed by atoms with van der Waals surface area (Å²) in [6.45, 7) is 1.76. The van der Waals surface area contributed by atoms with Gasteiger partial charge < -0.3 is 9.53 Å². The van der Waals surface area contributed by atoms with E-state index in [0.29, 0.717) is 5.92 Å². The summed E-state index contributed by atoms with van der Waals surface area (Å²) >= 11 is 1.85. The molecule has 74 valence electrons. The monoisotopic (exact) mass is 200 g/mol. The minimum atomic E-state index is -0.0433. The summed E-state index contributed by atoms with van der Waals surface area (Å²) in [7, 11) is 0. The second kappa shape index (κ2) is 4.01. The Kier molecular flexibility index (Phi) is 2.94. The Morgan fingerprint density at radius 2 is 2.54 bits per heavy atom. The topological polar surface area (TPSA) is 26.3 Å². The number of hydrogen-bond donors (Lipinski definition) is 0. The molecule has 0 aromatic heterocycles. The number of rotatable bonds is 3. The molecule has 0 aromatic carbocycles. The van der Waals surface area contributed by atoms with Gasteiger partial charge in [-0.25, -0.2) is 0 Å². The molecule has 0 aliphatic carbocycles. The van der Waals surface area contributed by atoms with E-state index in [2.05, 4.69) is 0 Å². The van der Waals surface area contributed by atoms with Crippen molar-refractivity contribution in [2.75, 3.05) is 19.0 Å². The Morgan fingerprint density at radius 1 is 1.62 bits per heavy atom. The Bertz CT molecular complexity index is 181. The van der Waals surface area contributed by atoms with Gasteiger partial charge in [-0.3, -0.25) is 0 Å². The third-order valence-corrected chi connectivity index (χ3v) is 4.54. The molecule has 0 bridgehead atoms. The van der Waals surface area contributed by atoms with Crippen molar-refractivity contribution in [3.05, 3.63) is 0 Å². The van der Waals surface area contributed by atoms with E-state index in [0.717, 1.165) is 38.2 Å². The summed E-state index contributed by atoms with van der Waals surface area (Å²) in [5, 5.41) is 0. The van der Waals surface area contributed by atoms with Crippen LogP contribution in [-0.2, 0) is 9.53 Å². The molecule has 0 amide bonds. The average molecular weight is 200 g/mol. The fourth-order valence-electron chi connectivity index (χ4n) is 2.25. The van der Waals surface area contributed by atoms with Crippen LogP contribution in [-0.4, -0.2) is 30.0 Å². The molecule has 3 heteroatoms. The molecular formula is C10H16O2S. The minimum Gasteiger partial charge on any atom is -0.381 e. The lowest BCUT2D eigenvalue weighted by molar-refractivity contribution is -0.110. The van der Waals surface area contributed by atoms with Crippen LogP contribution in [0.1, 0.15) is 25.7 Å². The molecule has 2 nitrogen and oxygen atoms in total. The molecule has 2 atom stereocenters. The summed E-state index contributed by atoms with van der Waals surface area (Å²) in [5.74, 6) is 1.79. The number of carbonyl (C=O) groups is 1. The van der Waals surface area contributed by atoms with Crippen molar-refractivity contribution >= 4 is 18.0 Å². The molecule has 2 aliphatic rings. The van der Waals surface area contributed by atoms with Crippen molar-refractivity contribution in [2.24, 2.45) is 5.92 Å². The van der Waals surface area contributed by atoms with Crippen molar-refractivity contribution in [3.63, 3.8) is 0 Å². The van der Waals surface area contributed by atoms with Gasteiger partial charge in [-0.1, -0.05) is 0 Å². The van der Waals surface area contributed by atoms with Crippen LogP contribution < -0.4 is 0 Å². The first-order chi connectivity index (χ1) is 6.35. The minimum absolute atomic E-state index is 0.0433. The second-order valence-corrected chi connectivity index (χ2v) is 5.58. The van der Waals surface area contributed by atoms with E-state index in [1.165, 1.54) is 12.7 Å². The summed E-state index contributed by atoms with van der Waals surface area (Å²) in [6.07, 6.45) is 5.66. The van der Waals surface area contributed by atoms with Gasteiger partial charge in [0.05, 0.1) is 4.75 Å². The first kappa shape index (κ1) is 9.53. The predicted molar refractivity (Wildman–Crippen MR) is 54.0 cm³/mol. The largest absolute Gasteiger partial charge is 0.381 e. The highest BCUT2D eigenvalue weighted by atomic mass is 32.2. The molecule has 0 N–H and O–H groups in total. The Hall–Kier alpha value is -0.0200. The van der Waals surface area contributed by atoms with Gasteiger partial charge in [-0.15, -0.1) is 11.8 Å². The molecule has 13 heavy (non-hydrogen) atoms. The number of thioether (sulfide) groups is 1. The third kappa shape index (κ3) is 2.08. The highest BCUT2D eigenvalue weighted by Gasteiger charge is 2.37. The highest BCUT2D eigenvalue weighted by molar-refractivity contribution is 8.01. The van der Waals surface area contributed by atoms with Crippen LogP contribution in [0.3, 0.4) is 0 Å². The molecule has 0 saturated carbocycles. The van der Waals surface area contributed by atoms with Crippen molar-refractivity contribution in [1.82, 2.24) is 0 Å². The molecule has 2 unspecified atom stereocenters. The number of hydrogen-bond acceptors (Lipinski definition) is 3. The van der Waals surface area contributed by atoms with E-state index in [4.69, 9.17) is 4.74 Å². The second-order valence-electron chi connectivity index (χ2n) is 4.07. The first-order valence-corrected chi connectivity index (χ1v) is 6.01. The molecule has 0 radical (unpaired) electrons. The van der Waals surface area contributed by atoms with Crippen LogP contribution in [0.25, 0.3) is 0 Å². The van der Waals surface area contributed by atoms with Gasteiger partial charge >= 0.3 is 0 Å². The van der Waals surface area contributed by atoms with Crippen LogP contribution in [0.15, 0.2) is 0 Å². The highest BCUT2D eigenvalue weighted by Crippen LogP contribution is 2.42. The fourth-order valence-corrected chi connectivity index (χ4v) is 3.66. The Morgan fingerprint density at radius 3 is 3.08 bits per heavy atom. The van der Waals surface area contributed by atoms with Crippen LogP contribution in [0.4, 0.5) is 0 Å². The van der Waals surface area contributed by atoms with Crippen LogP contribution in [0, 0.1) is 5.92 Å². The van der Waals surface area contributed by atoms with Crippen molar-refractivity contribution in [1.29, 1.82) is 0 Å². The Labute approximate surface area is 83.4 Å². The van der Waals surface area contributed by atoms with Gasteiger partial charge in [0.1, 0.15) is 6.29 Å². The maximum absolute atomic E-state index is 11.1. The molecular weight excluding hydrogens is 184 g/mol. The molecule has 2 rings (SSSR count). The van der Waals surface area contributed by atoms with Crippen molar-refractivity contribution in [3.8, 4) is 0 Å². The van der Waals surface area contributed by atoms with E-state index in [1.807, 2.05) is 11.8 Å². The SMILES string of the molecule is O=CC1(CC2CCOC2)CCCS1. The van der Waals surface area contributed by atoms with Gasteiger partial charge in [0.25, 0.3) is 0 Å². The normalized spacial score (nSPS) is 39.5. The van der Waals surface area contributed by atoms with Gasteiger partial charge in [0, 0.05) is 13.2 Å². The summed E-state index contributed by atoms with van der Waals surface area (Å²) in [5.41, 5.74) is 0. The lowest BCUT2D eigenvalue weighted by Gasteiger charge is -2.23. The van der Waals surface area contributed by atoms with E-state index in [9.17, 15) is 4.79 Å². The van der Waals surface area contributed by atoms with E-state index < -0.39 is 0 Å². The lowest BCUT2D eigenvalue weighted by atomic mass is 9.91. The van der Waals surface area contributed by atoms with Crippen LogP contribution in [0.5, 0.6) is 0 Å². The molecule has 2 heterocycles. The molecule has 0 spiro atoms. The molecule has 2 saturated heterocycles. The quantitative estimate of drug-likeness (QED) is 0.651. The summed E-state index contributed by atoms with van der Waals surface area (Å²) in [4.78, 5) is 11.1. The van der Waals surface area contributed by atoms with Crippen LogP contribution in [0.2, 0.25) is 0 Å². The zero-order valence-corrected chi connectivity index (χ0v) is 8.65. The van der Waals surface area contributed by atoms with Gasteiger partial charge in [-0.05, 0) is 37.4 Å². The van der Waals surface area contributed by atoms with Crippen molar-refractivity contribution in [2.45, 2.75) is 30.4 Å². The smallest absolute Gasteiger partial charge is 0.136 e. The van der Waals surface area contributed by atoms with Gasteiger partial charge in [0.15, 0.2) is 0 Å². The zero-order chi connectivity index (χ0) is 9.15. The molecule has 2 fully saturated rings. The average Bonchev–Trinajstić information content (AvgIpc) is 2.77. The Balaban J connectivity index is 1.92. The molecule has 0 aromatic rings. The number of carbonyl (C=O) groups excluding carboxylic acids is 1. The molecule has 2 aliphatic heterocycles. The predicted octanol–water partition coefficient (Wildman–Crippen LogP) is 1.88. The fraction of sp³-hybridized carbons (Fsp3) is 0.900. The number of aldehydes is 1.